The molecular formula is C77H134O6. The van der Waals surface area contributed by atoms with Crippen LogP contribution in [0, 0.1) is 0 Å². The molecule has 0 amide bonds. The van der Waals surface area contributed by atoms with Crippen LogP contribution in [0.25, 0.3) is 0 Å². The number of carbonyl (C=O) groups excluding carboxylic acids is 3. The van der Waals surface area contributed by atoms with Crippen molar-refractivity contribution in [2.45, 2.75) is 361 Å². The van der Waals surface area contributed by atoms with Gasteiger partial charge in [0.15, 0.2) is 6.10 Å². The van der Waals surface area contributed by atoms with E-state index in [9.17, 15) is 14.4 Å². The monoisotopic (exact) mass is 1160 g/mol. The minimum Gasteiger partial charge on any atom is -0.462 e. The Kier molecular flexibility index (Phi) is 67.7. The average molecular weight is 1160 g/mol. The van der Waals surface area contributed by atoms with Crippen molar-refractivity contribution in [1.82, 2.24) is 0 Å². The van der Waals surface area contributed by atoms with Gasteiger partial charge in [0.2, 0.25) is 0 Å². The summed E-state index contributed by atoms with van der Waals surface area (Å²) < 4.78 is 17.0. The fourth-order valence-electron chi connectivity index (χ4n) is 10.2. The molecule has 0 aromatic rings. The number of esters is 3. The molecule has 0 saturated heterocycles. The Morgan fingerprint density at radius 3 is 0.759 bits per heavy atom. The third-order valence-electron chi connectivity index (χ3n) is 15.6. The Hall–Kier alpha value is -3.67. The van der Waals surface area contributed by atoms with Gasteiger partial charge in [-0.1, -0.05) is 330 Å². The Labute approximate surface area is 515 Å². The minimum absolute atomic E-state index is 0.0877. The van der Waals surface area contributed by atoms with Gasteiger partial charge in [-0.25, -0.2) is 0 Å². The highest BCUT2D eigenvalue weighted by Gasteiger charge is 2.19. The summed E-state index contributed by atoms with van der Waals surface area (Å²) in [6, 6.07) is 0. The Bertz CT molecular complexity index is 1610. The summed E-state index contributed by atoms with van der Waals surface area (Å²) in [5.41, 5.74) is 0. The lowest BCUT2D eigenvalue weighted by atomic mass is 10.0. The highest BCUT2D eigenvalue weighted by atomic mass is 16.6. The van der Waals surface area contributed by atoms with E-state index in [-0.39, 0.29) is 31.1 Å². The molecule has 0 aromatic heterocycles. The molecule has 6 nitrogen and oxygen atoms in total. The molecule has 0 saturated carbocycles. The van der Waals surface area contributed by atoms with Crippen LogP contribution < -0.4 is 0 Å². The summed E-state index contributed by atoms with van der Waals surface area (Å²) in [6.07, 6.45) is 95.7. The SMILES string of the molecule is CC/C=C\C/C=C\C/C=C\C/C=C\C/C=C\C/C=C\C/C=C\CCCCCC(=O)OCC(COC(=O)CCCCCCCCC/C=C\CCCCCCCCC)OC(=O)CCCCCCCCCCCCCCCCCCCCCCCC. The van der Waals surface area contributed by atoms with Crippen LogP contribution in [0.2, 0.25) is 0 Å². The third kappa shape index (κ3) is 69.0. The van der Waals surface area contributed by atoms with Crippen LogP contribution >= 0.6 is 0 Å². The molecule has 1 unspecified atom stereocenters. The largest absolute Gasteiger partial charge is 0.462 e. The van der Waals surface area contributed by atoms with Crippen molar-refractivity contribution >= 4 is 17.9 Å². The molecule has 6 heteroatoms. The molecule has 0 N–H and O–H groups in total. The molecule has 0 rings (SSSR count). The second-order valence-electron chi connectivity index (χ2n) is 23.8. The summed E-state index contributed by atoms with van der Waals surface area (Å²) in [5, 5.41) is 0. The van der Waals surface area contributed by atoms with E-state index < -0.39 is 6.10 Å². The molecule has 83 heavy (non-hydrogen) atoms. The molecule has 0 spiro atoms. The van der Waals surface area contributed by atoms with Gasteiger partial charge >= 0.3 is 17.9 Å². The number of allylic oxidation sites excluding steroid dienone is 16. The van der Waals surface area contributed by atoms with Gasteiger partial charge in [-0.05, 0) is 103 Å². The Morgan fingerprint density at radius 1 is 0.253 bits per heavy atom. The molecule has 0 aliphatic rings. The zero-order valence-electron chi connectivity index (χ0n) is 54.9. The van der Waals surface area contributed by atoms with Crippen LogP contribution in [-0.2, 0) is 28.6 Å². The molecule has 478 valence electrons. The van der Waals surface area contributed by atoms with Crippen LogP contribution in [0.1, 0.15) is 355 Å². The van der Waals surface area contributed by atoms with Gasteiger partial charge in [-0.15, -0.1) is 0 Å². The number of hydrogen-bond donors (Lipinski definition) is 0. The maximum Gasteiger partial charge on any atom is 0.306 e. The van der Waals surface area contributed by atoms with Crippen molar-refractivity contribution in [2.75, 3.05) is 13.2 Å². The van der Waals surface area contributed by atoms with Gasteiger partial charge in [0.1, 0.15) is 13.2 Å². The molecule has 0 fully saturated rings. The van der Waals surface area contributed by atoms with Crippen LogP contribution in [0.3, 0.4) is 0 Å². The fraction of sp³-hybridized carbons (Fsp3) is 0.753. The van der Waals surface area contributed by atoms with Crippen molar-refractivity contribution in [3.8, 4) is 0 Å². The summed E-state index contributed by atoms with van der Waals surface area (Å²) in [7, 11) is 0. The Balaban J connectivity index is 4.42. The molecule has 0 aromatic carbocycles. The molecule has 0 radical (unpaired) electrons. The van der Waals surface area contributed by atoms with Crippen molar-refractivity contribution in [2.24, 2.45) is 0 Å². The second-order valence-corrected chi connectivity index (χ2v) is 23.8. The highest BCUT2D eigenvalue weighted by Crippen LogP contribution is 2.18. The maximum absolute atomic E-state index is 13.0. The van der Waals surface area contributed by atoms with Gasteiger partial charge < -0.3 is 14.2 Å². The van der Waals surface area contributed by atoms with Crippen molar-refractivity contribution in [1.29, 1.82) is 0 Å². The maximum atomic E-state index is 13.0. The molecule has 0 aliphatic carbocycles. The van der Waals surface area contributed by atoms with Crippen molar-refractivity contribution in [3.63, 3.8) is 0 Å². The van der Waals surface area contributed by atoms with Gasteiger partial charge in [0.25, 0.3) is 0 Å². The van der Waals surface area contributed by atoms with Crippen LogP contribution in [0.15, 0.2) is 97.2 Å². The Morgan fingerprint density at radius 2 is 0.470 bits per heavy atom. The lowest BCUT2D eigenvalue weighted by molar-refractivity contribution is -0.167. The molecular weight excluding hydrogens is 1020 g/mol. The highest BCUT2D eigenvalue weighted by molar-refractivity contribution is 5.71. The van der Waals surface area contributed by atoms with Crippen LogP contribution in [0.5, 0.6) is 0 Å². The number of unbranched alkanes of at least 4 members (excludes halogenated alkanes) is 38. The van der Waals surface area contributed by atoms with Gasteiger partial charge in [-0.2, -0.15) is 0 Å². The summed E-state index contributed by atoms with van der Waals surface area (Å²) in [5.74, 6) is -0.907. The first-order valence-electron chi connectivity index (χ1n) is 35.7. The van der Waals surface area contributed by atoms with Crippen molar-refractivity contribution in [3.05, 3.63) is 97.2 Å². The van der Waals surface area contributed by atoms with E-state index in [1.54, 1.807) is 0 Å². The molecule has 0 bridgehead atoms. The topological polar surface area (TPSA) is 78.9 Å². The van der Waals surface area contributed by atoms with Gasteiger partial charge in [0, 0.05) is 19.3 Å². The number of hydrogen-bond acceptors (Lipinski definition) is 6. The van der Waals surface area contributed by atoms with E-state index in [0.29, 0.717) is 19.3 Å². The van der Waals surface area contributed by atoms with E-state index >= 15 is 0 Å². The first-order valence-corrected chi connectivity index (χ1v) is 35.7. The first-order chi connectivity index (χ1) is 41.0. The zero-order valence-corrected chi connectivity index (χ0v) is 54.9. The average Bonchev–Trinajstić information content (AvgIpc) is 3.50. The van der Waals surface area contributed by atoms with Gasteiger partial charge in [-0.3, -0.25) is 14.4 Å². The fourth-order valence-corrected chi connectivity index (χ4v) is 10.2. The van der Waals surface area contributed by atoms with E-state index in [2.05, 4.69) is 118 Å². The summed E-state index contributed by atoms with van der Waals surface area (Å²) in [4.78, 5) is 38.5. The van der Waals surface area contributed by atoms with Crippen LogP contribution in [0.4, 0.5) is 0 Å². The van der Waals surface area contributed by atoms with E-state index in [1.165, 1.54) is 205 Å². The quantitative estimate of drug-likeness (QED) is 0.0261. The zero-order chi connectivity index (χ0) is 59.9. The van der Waals surface area contributed by atoms with E-state index in [4.69, 9.17) is 14.2 Å². The van der Waals surface area contributed by atoms with Crippen molar-refractivity contribution < 1.29 is 28.6 Å². The second kappa shape index (κ2) is 70.8. The van der Waals surface area contributed by atoms with E-state index in [0.717, 1.165) is 109 Å². The van der Waals surface area contributed by atoms with Gasteiger partial charge in [0.05, 0.1) is 0 Å². The van der Waals surface area contributed by atoms with E-state index in [1.807, 2.05) is 0 Å². The van der Waals surface area contributed by atoms with Crippen LogP contribution in [-0.4, -0.2) is 37.2 Å². The predicted molar refractivity (Wildman–Crippen MR) is 362 cm³/mol. The molecule has 1 atom stereocenters. The third-order valence-corrected chi connectivity index (χ3v) is 15.6. The smallest absolute Gasteiger partial charge is 0.306 e. The number of ether oxygens (including phenoxy) is 3. The first kappa shape index (κ1) is 79.3. The summed E-state index contributed by atoms with van der Waals surface area (Å²) in [6.45, 7) is 6.55. The standard InChI is InChI=1S/C77H134O6/c1-4-7-10-13-16-19-22-25-28-31-34-36-38-39-40-42-43-46-49-52-55-58-61-64-67-70-76(79)82-73-74(72-81-75(78)69-66-63-60-57-54-51-48-45-33-30-27-24-21-18-15-12-9-6-3)83-77(80)71-68-65-62-59-56-53-50-47-44-41-37-35-32-29-26-23-20-17-14-11-8-5-2/h7,10,16,19,25,28,30,33-34,36,39-40,43,46,52,55,74H,4-6,8-9,11-15,17-18,20-24,26-27,29,31-32,35,37-38,41-42,44-45,47-51,53-54,56-73H2,1-3H3/b10-7-,19-16-,28-25-,33-30-,36-34-,40-39-,46-43-,55-52-. The minimum atomic E-state index is -0.795. The number of rotatable bonds is 65. The molecule has 0 heterocycles. The predicted octanol–water partition coefficient (Wildman–Crippen LogP) is 24.8. The lowest BCUT2D eigenvalue weighted by Crippen LogP contribution is -2.30. The normalized spacial score (nSPS) is 12.7. The molecule has 0 aliphatic heterocycles. The number of carbonyl (C=O) groups is 3. The lowest BCUT2D eigenvalue weighted by Gasteiger charge is -2.18. The summed E-state index contributed by atoms with van der Waals surface area (Å²) >= 11 is 0.